The van der Waals surface area contributed by atoms with Crippen molar-refractivity contribution >= 4 is 17.4 Å². The minimum Gasteiger partial charge on any atom is -0.347 e. The molecular formula is C16H23N4OS+. The first-order chi connectivity index (χ1) is 10.6. The summed E-state index contributed by atoms with van der Waals surface area (Å²) in [6, 6.07) is 8.45. The number of nitrogens with one attached hydrogen (secondary N) is 2. The van der Waals surface area contributed by atoms with Gasteiger partial charge in [-0.25, -0.2) is 0 Å². The van der Waals surface area contributed by atoms with Gasteiger partial charge in [-0.15, -0.1) is 5.10 Å². The van der Waals surface area contributed by atoms with Crippen LogP contribution in [0.15, 0.2) is 24.3 Å². The Morgan fingerprint density at radius 1 is 1.18 bits per heavy atom. The van der Waals surface area contributed by atoms with Gasteiger partial charge < -0.3 is 10.2 Å². The maximum atomic E-state index is 12.0. The molecule has 2 aromatic rings. The monoisotopic (exact) mass is 319 g/mol. The molecule has 1 heterocycles. The number of benzene rings is 1. The van der Waals surface area contributed by atoms with Crippen LogP contribution in [0, 0.1) is 6.92 Å². The molecule has 1 amide bonds. The number of rotatable bonds is 7. The van der Waals surface area contributed by atoms with E-state index in [0.717, 1.165) is 36.7 Å². The molecule has 0 saturated heterocycles. The van der Waals surface area contributed by atoms with Crippen LogP contribution in [0.2, 0.25) is 0 Å². The molecule has 1 aromatic carbocycles. The van der Waals surface area contributed by atoms with Crippen LogP contribution in [0.5, 0.6) is 0 Å². The van der Waals surface area contributed by atoms with Gasteiger partial charge in [0.1, 0.15) is 11.4 Å². The number of carbonyl (C=O) groups is 1. The summed E-state index contributed by atoms with van der Waals surface area (Å²) in [5.41, 5.74) is 3.11. The van der Waals surface area contributed by atoms with Gasteiger partial charge in [-0.3, -0.25) is 4.79 Å². The Bertz CT molecular complexity index is 605. The fourth-order valence-electron chi connectivity index (χ4n) is 2.27. The highest BCUT2D eigenvalue weighted by Gasteiger charge is 2.12. The lowest BCUT2D eigenvalue weighted by Crippen LogP contribution is -3.10. The van der Waals surface area contributed by atoms with Crippen molar-refractivity contribution in [3.05, 3.63) is 46.0 Å². The largest absolute Gasteiger partial charge is 0.347 e. The third-order valence-corrected chi connectivity index (χ3v) is 4.61. The number of carbonyl (C=O) groups excluding carboxylic acids is 1. The topological polar surface area (TPSA) is 59.3 Å². The molecule has 118 valence electrons. The van der Waals surface area contributed by atoms with E-state index in [1.54, 1.807) is 11.8 Å². The van der Waals surface area contributed by atoms with Crippen molar-refractivity contribution in [3.63, 3.8) is 0 Å². The average molecular weight is 319 g/mol. The van der Waals surface area contributed by atoms with Crippen LogP contribution in [0.3, 0.4) is 0 Å². The SMILES string of the molecule is CC[NH+](CC)Cc1ccc(CNC(=O)c2snnc2C)cc1. The summed E-state index contributed by atoms with van der Waals surface area (Å²) in [4.78, 5) is 14.2. The molecule has 0 aliphatic rings. The Labute approximate surface area is 135 Å². The van der Waals surface area contributed by atoms with E-state index < -0.39 is 0 Å². The maximum Gasteiger partial charge on any atom is 0.265 e. The van der Waals surface area contributed by atoms with Crippen LogP contribution < -0.4 is 10.2 Å². The van der Waals surface area contributed by atoms with Gasteiger partial charge in [0.15, 0.2) is 0 Å². The third kappa shape index (κ3) is 4.35. The van der Waals surface area contributed by atoms with Crippen LogP contribution in [-0.4, -0.2) is 28.6 Å². The molecule has 0 fully saturated rings. The Morgan fingerprint density at radius 3 is 2.36 bits per heavy atom. The maximum absolute atomic E-state index is 12.0. The smallest absolute Gasteiger partial charge is 0.265 e. The van der Waals surface area contributed by atoms with E-state index in [2.05, 4.69) is 53.0 Å². The van der Waals surface area contributed by atoms with Gasteiger partial charge in [0.05, 0.1) is 18.8 Å². The van der Waals surface area contributed by atoms with Gasteiger partial charge >= 0.3 is 0 Å². The summed E-state index contributed by atoms with van der Waals surface area (Å²) >= 11 is 1.13. The molecule has 6 heteroatoms. The fourth-order valence-corrected chi connectivity index (χ4v) is 2.84. The third-order valence-electron chi connectivity index (χ3n) is 3.79. The minimum atomic E-state index is -0.107. The van der Waals surface area contributed by atoms with Crippen molar-refractivity contribution in [3.8, 4) is 0 Å². The molecule has 0 aliphatic carbocycles. The van der Waals surface area contributed by atoms with Gasteiger partial charge in [-0.05, 0) is 37.9 Å². The molecule has 0 bridgehead atoms. The van der Waals surface area contributed by atoms with E-state index >= 15 is 0 Å². The predicted octanol–water partition coefficient (Wildman–Crippen LogP) is 1.20. The van der Waals surface area contributed by atoms with Crippen LogP contribution in [0.25, 0.3) is 0 Å². The zero-order valence-electron chi connectivity index (χ0n) is 13.3. The summed E-state index contributed by atoms with van der Waals surface area (Å²) in [6.45, 7) is 10.0. The molecular weight excluding hydrogens is 296 g/mol. The van der Waals surface area contributed by atoms with Gasteiger partial charge in [0, 0.05) is 12.1 Å². The highest BCUT2D eigenvalue weighted by Crippen LogP contribution is 2.09. The Morgan fingerprint density at radius 2 is 1.82 bits per heavy atom. The van der Waals surface area contributed by atoms with Gasteiger partial charge in [0.2, 0.25) is 0 Å². The molecule has 1 aromatic heterocycles. The normalized spacial score (nSPS) is 10.9. The average Bonchev–Trinajstić information content (AvgIpc) is 2.97. The highest BCUT2D eigenvalue weighted by atomic mass is 32.1. The van der Waals surface area contributed by atoms with Crippen molar-refractivity contribution in [2.45, 2.75) is 33.9 Å². The van der Waals surface area contributed by atoms with Crippen molar-refractivity contribution in [2.24, 2.45) is 0 Å². The molecule has 0 atom stereocenters. The molecule has 0 saturated carbocycles. The number of hydrogen-bond acceptors (Lipinski definition) is 4. The summed E-state index contributed by atoms with van der Waals surface area (Å²) in [7, 11) is 0. The van der Waals surface area contributed by atoms with E-state index in [1.165, 1.54) is 5.56 Å². The number of aryl methyl sites for hydroxylation is 1. The molecule has 0 spiro atoms. The lowest BCUT2D eigenvalue weighted by Gasteiger charge is -2.15. The predicted molar refractivity (Wildman–Crippen MR) is 88.0 cm³/mol. The molecule has 2 N–H and O–H groups in total. The first-order valence-corrected chi connectivity index (χ1v) is 8.39. The second kappa shape index (κ2) is 8.00. The molecule has 2 rings (SSSR count). The van der Waals surface area contributed by atoms with Crippen LogP contribution in [0.1, 0.15) is 40.3 Å². The quantitative estimate of drug-likeness (QED) is 0.806. The first-order valence-electron chi connectivity index (χ1n) is 7.62. The summed E-state index contributed by atoms with van der Waals surface area (Å²) < 4.78 is 3.78. The van der Waals surface area contributed by atoms with E-state index in [-0.39, 0.29) is 5.91 Å². The summed E-state index contributed by atoms with van der Waals surface area (Å²) in [5.74, 6) is -0.107. The highest BCUT2D eigenvalue weighted by molar-refractivity contribution is 7.07. The fraction of sp³-hybridized carbons (Fsp3) is 0.438. The van der Waals surface area contributed by atoms with E-state index in [1.807, 2.05) is 0 Å². The van der Waals surface area contributed by atoms with E-state index in [9.17, 15) is 4.79 Å². The molecule has 0 aliphatic heterocycles. The number of hydrogen-bond donors (Lipinski definition) is 2. The summed E-state index contributed by atoms with van der Waals surface area (Å²) in [5, 5.41) is 6.76. The zero-order chi connectivity index (χ0) is 15.9. The van der Waals surface area contributed by atoms with Gasteiger partial charge in [-0.1, -0.05) is 28.8 Å². The Balaban J connectivity index is 1.89. The lowest BCUT2D eigenvalue weighted by molar-refractivity contribution is -0.910. The van der Waals surface area contributed by atoms with Crippen LogP contribution >= 0.6 is 11.5 Å². The Hall–Kier alpha value is -1.79. The molecule has 0 unspecified atom stereocenters. The van der Waals surface area contributed by atoms with E-state index in [4.69, 9.17) is 0 Å². The van der Waals surface area contributed by atoms with Crippen LogP contribution in [-0.2, 0) is 13.1 Å². The molecule has 0 radical (unpaired) electrons. The standard InChI is InChI=1S/C16H22N4OS/c1-4-20(5-2)11-14-8-6-13(7-9-14)10-17-16(21)15-12(3)18-19-22-15/h6-9H,4-5,10-11H2,1-3H3,(H,17,21)/p+1. The van der Waals surface area contributed by atoms with Gasteiger partial charge in [0.25, 0.3) is 5.91 Å². The van der Waals surface area contributed by atoms with Crippen molar-refractivity contribution in [1.82, 2.24) is 14.9 Å². The number of quaternary nitrogens is 1. The van der Waals surface area contributed by atoms with Gasteiger partial charge in [-0.2, -0.15) is 0 Å². The van der Waals surface area contributed by atoms with Crippen LogP contribution in [0.4, 0.5) is 0 Å². The van der Waals surface area contributed by atoms with Crippen molar-refractivity contribution in [2.75, 3.05) is 13.1 Å². The number of amides is 1. The second-order valence-corrected chi connectivity index (χ2v) is 6.07. The minimum absolute atomic E-state index is 0.107. The Kier molecular flexibility index (Phi) is 6.03. The second-order valence-electron chi connectivity index (χ2n) is 5.32. The summed E-state index contributed by atoms with van der Waals surface area (Å²) in [6.07, 6.45) is 0. The number of nitrogens with zero attached hydrogens (tertiary/aromatic N) is 2. The van der Waals surface area contributed by atoms with Crippen molar-refractivity contribution < 1.29 is 9.69 Å². The van der Waals surface area contributed by atoms with E-state index in [0.29, 0.717) is 17.1 Å². The number of aromatic nitrogens is 2. The zero-order valence-corrected chi connectivity index (χ0v) is 14.2. The first kappa shape index (κ1) is 16.6. The lowest BCUT2D eigenvalue weighted by atomic mass is 10.1. The molecule has 5 nitrogen and oxygen atoms in total. The molecule has 22 heavy (non-hydrogen) atoms. The van der Waals surface area contributed by atoms with Crippen molar-refractivity contribution in [1.29, 1.82) is 0 Å².